The molecule has 0 N–H and O–H groups in total. The summed E-state index contributed by atoms with van der Waals surface area (Å²) in [4.78, 5) is 30.0. The Labute approximate surface area is 151 Å². The van der Waals surface area contributed by atoms with Gasteiger partial charge >= 0.3 is 5.97 Å². The van der Waals surface area contributed by atoms with Crippen molar-refractivity contribution < 1.29 is 18.7 Å². The van der Waals surface area contributed by atoms with Gasteiger partial charge in [-0.25, -0.2) is 9.78 Å². The van der Waals surface area contributed by atoms with E-state index in [1.165, 1.54) is 13.4 Å². The third kappa shape index (κ3) is 5.06. The van der Waals surface area contributed by atoms with E-state index in [1.54, 1.807) is 29.2 Å². The summed E-state index contributed by atoms with van der Waals surface area (Å²) in [6.45, 7) is 2.80. The van der Waals surface area contributed by atoms with Crippen molar-refractivity contribution in [3.05, 3.63) is 52.7 Å². The summed E-state index contributed by atoms with van der Waals surface area (Å²) in [6.07, 6.45) is 4.13. The molecule has 0 saturated heterocycles. The first-order valence-corrected chi connectivity index (χ1v) is 8.51. The Balaban J connectivity index is 2.17. The highest BCUT2D eigenvalue weighted by molar-refractivity contribution is 6.33. The number of methoxy groups -OCH3 is 1. The Bertz CT molecular complexity index is 729. The van der Waals surface area contributed by atoms with Crippen molar-refractivity contribution in [3.8, 4) is 0 Å². The molecule has 1 aromatic heterocycles. The largest absolute Gasteiger partial charge is 0.464 e. The van der Waals surface area contributed by atoms with E-state index in [2.05, 4.69) is 16.6 Å². The number of rotatable bonds is 8. The van der Waals surface area contributed by atoms with Gasteiger partial charge in [0.25, 0.3) is 5.91 Å². The monoisotopic (exact) mass is 364 g/mol. The summed E-state index contributed by atoms with van der Waals surface area (Å²) in [5, 5.41) is 0.399. The van der Waals surface area contributed by atoms with Crippen molar-refractivity contribution in [2.24, 2.45) is 0 Å². The molecule has 0 aliphatic carbocycles. The molecule has 0 aliphatic rings. The van der Waals surface area contributed by atoms with E-state index in [0.29, 0.717) is 17.1 Å². The maximum Gasteiger partial charge on any atom is 0.360 e. The van der Waals surface area contributed by atoms with E-state index in [-0.39, 0.29) is 24.0 Å². The molecule has 25 heavy (non-hydrogen) atoms. The van der Waals surface area contributed by atoms with Crippen LogP contribution in [0.4, 0.5) is 0 Å². The molecule has 0 atom stereocenters. The van der Waals surface area contributed by atoms with E-state index in [1.807, 2.05) is 0 Å². The molecule has 0 bridgehead atoms. The number of amides is 1. The fourth-order valence-corrected chi connectivity index (χ4v) is 2.57. The lowest BCUT2D eigenvalue weighted by Crippen LogP contribution is -2.32. The molecule has 0 aliphatic heterocycles. The first-order valence-electron chi connectivity index (χ1n) is 8.13. The Kier molecular flexibility index (Phi) is 7.01. The van der Waals surface area contributed by atoms with Gasteiger partial charge in [0.05, 0.1) is 24.2 Å². The first kappa shape index (κ1) is 19.0. The lowest BCUT2D eigenvalue weighted by molar-refractivity contribution is 0.0594. The van der Waals surface area contributed by atoms with Gasteiger partial charge in [-0.05, 0) is 18.6 Å². The second-order valence-corrected chi connectivity index (χ2v) is 5.94. The number of hydrogen-bond donors (Lipinski definition) is 0. The zero-order chi connectivity index (χ0) is 18.2. The minimum Gasteiger partial charge on any atom is -0.464 e. The maximum atomic E-state index is 12.8. The summed E-state index contributed by atoms with van der Waals surface area (Å²) in [5.74, 6) is -0.498. The van der Waals surface area contributed by atoms with Gasteiger partial charge in [-0.3, -0.25) is 4.79 Å². The summed E-state index contributed by atoms with van der Waals surface area (Å²) < 4.78 is 9.91. The summed E-state index contributed by atoms with van der Waals surface area (Å²) in [5.41, 5.74) is 0.511. The average molecular weight is 365 g/mol. The minimum atomic E-state index is -0.579. The molecule has 0 unspecified atom stereocenters. The Morgan fingerprint density at radius 3 is 2.72 bits per heavy atom. The van der Waals surface area contributed by atoms with Crippen LogP contribution in [0.25, 0.3) is 0 Å². The first-order chi connectivity index (χ1) is 12.1. The number of hydrogen-bond acceptors (Lipinski definition) is 5. The van der Waals surface area contributed by atoms with E-state index >= 15 is 0 Å². The van der Waals surface area contributed by atoms with E-state index in [0.717, 1.165) is 19.3 Å². The van der Waals surface area contributed by atoms with Crippen molar-refractivity contribution in [3.63, 3.8) is 0 Å². The summed E-state index contributed by atoms with van der Waals surface area (Å²) in [7, 11) is 1.27. The smallest absolute Gasteiger partial charge is 0.360 e. The number of nitrogens with zero attached hydrogens (tertiary/aromatic N) is 2. The topological polar surface area (TPSA) is 72.6 Å². The van der Waals surface area contributed by atoms with Crippen LogP contribution in [0.1, 0.15) is 52.9 Å². The lowest BCUT2D eigenvalue weighted by Gasteiger charge is -2.21. The molecule has 6 nitrogen and oxygen atoms in total. The van der Waals surface area contributed by atoms with Crippen LogP contribution in [-0.4, -0.2) is 35.4 Å². The maximum absolute atomic E-state index is 12.8. The molecule has 134 valence electrons. The molecule has 7 heteroatoms. The Hall–Kier alpha value is -2.34. The van der Waals surface area contributed by atoms with Gasteiger partial charge in [0.2, 0.25) is 5.89 Å². The van der Waals surface area contributed by atoms with Gasteiger partial charge in [-0.15, -0.1) is 0 Å². The van der Waals surface area contributed by atoms with E-state index < -0.39 is 5.97 Å². The predicted octanol–water partition coefficient (Wildman–Crippen LogP) is 3.95. The standard InChI is InChI=1S/C18H21ClN2O4/c1-3-4-7-10-21(17(22)13-8-5-6-9-14(13)19)11-16-20-15(12-25-16)18(23)24-2/h5-6,8-9,12H,3-4,7,10-11H2,1-2H3. The fraction of sp³-hybridized carbons (Fsp3) is 0.389. The third-order valence-corrected chi connectivity index (χ3v) is 4.03. The molecule has 0 spiro atoms. The minimum absolute atomic E-state index is 0.0798. The van der Waals surface area contributed by atoms with Crippen LogP contribution in [0.5, 0.6) is 0 Å². The number of esters is 1. The van der Waals surface area contributed by atoms with Gasteiger partial charge in [-0.2, -0.15) is 0 Å². The number of oxazole rings is 1. The molecule has 1 heterocycles. The highest BCUT2D eigenvalue weighted by Crippen LogP contribution is 2.19. The van der Waals surface area contributed by atoms with Gasteiger partial charge in [0.15, 0.2) is 5.69 Å². The molecule has 0 saturated carbocycles. The number of unbranched alkanes of at least 4 members (excludes halogenated alkanes) is 2. The quantitative estimate of drug-likeness (QED) is 0.524. The molecular weight excluding hydrogens is 344 g/mol. The number of carbonyl (C=O) groups is 2. The second kappa shape index (κ2) is 9.22. The van der Waals surface area contributed by atoms with Crippen LogP contribution >= 0.6 is 11.6 Å². The SMILES string of the molecule is CCCCCN(Cc1nc(C(=O)OC)co1)C(=O)c1ccccc1Cl. The van der Waals surface area contributed by atoms with Crippen LogP contribution in [-0.2, 0) is 11.3 Å². The van der Waals surface area contributed by atoms with E-state index in [4.69, 9.17) is 16.0 Å². The van der Waals surface area contributed by atoms with Crippen molar-refractivity contribution in [1.82, 2.24) is 9.88 Å². The highest BCUT2D eigenvalue weighted by Gasteiger charge is 2.21. The predicted molar refractivity (Wildman–Crippen MR) is 93.6 cm³/mol. The molecule has 0 fully saturated rings. The molecule has 0 radical (unpaired) electrons. The average Bonchev–Trinajstić information content (AvgIpc) is 3.09. The van der Waals surface area contributed by atoms with Crippen LogP contribution in [0.15, 0.2) is 34.9 Å². The van der Waals surface area contributed by atoms with Crippen molar-refractivity contribution in [2.75, 3.05) is 13.7 Å². The molecule has 2 rings (SSSR count). The third-order valence-electron chi connectivity index (χ3n) is 3.70. The van der Waals surface area contributed by atoms with Crippen molar-refractivity contribution in [1.29, 1.82) is 0 Å². The number of carbonyl (C=O) groups excluding carboxylic acids is 2. The molecule has 2 aromatic rings. The number of ether oxygens (including phenoxy) is 1. The lowest BCUT2D eigenvalue weighted by atomic mass is 10.1. The van der Waals surface area contributed by atoms with Crippen LogP contribution in [0, 0.1) is 0 Å². The zero-order valence-corrected chi connectivity index (χ0v) is 15.1. The van der Waals surface area contributed by atoms with Crippen LogP contribution < -0.4 is 0 Å². The van der Waals surface area contributed by atoms with Gasteiger partial charge < -0.3 is 14.1 Å². The van der Waals surface area contributed by atoms with E-state index in [9.17, 15) is 9.59 Å². The second-order valence-electron chi connectivity index (χ2n) is 5.53. The van der Waals surface area contributed by atoms with Crippen LogP contribution in [0.3, 0.4) is 0 Å². The number of halogens is 1. The molecule has 1 aromatic carbocycles. The summed E-state index contributed by atoms with van der Waals surface area (Å²) in [6, 6.07) is 6.91. The Morgan fingerprint density at radius 1 is 1.28 bits per heavy atom. The molecule has 1 amide bonds. The van der Waals surface area contributed by atoms with Crippen molar-refractivity contribution in [2.45, 2.75) is 32.7 Å². The number of benzene rings is 1. The van der Waals surface area contributed by atoms with Crippen LogP contribution in [0.2, 0.25) is 5.02 Å². The van der Waals surface area contributed by atoms with Gasteiger partial charge in [-0.1, -0.05) is 43.5 Å². The van der Waals surface area contributed by atoms with Gasteiger partial charge in [0.1, 0.15) is 6.26 Å². The Morgan fingerprint density at radius 2 is 2.04 bits per heavy atom. The van der Waals surface area contributed by atoms with Gasteiger partial charge in [0, 0.05) is 6.54 Å². The fourth-order valence-electron chi connectivity index (χ4n) is 2.36. The highest BCUT2D eigenvalue weighted by atomic mass is 35.5. The zero-order valence-electron chi connectivity index (χ0n) is 14.3. The molecular formula is C18H21ClN2O4. The number of aromatic nitrogens is 1. The summed E-state index contributed by atoms with van der Waals surface area (Å²) >= 11 is 6.14. The normalized spacial score (nSPS) is 10.5. The van der Waals surface area contributed by atoms with Crippen molar-refractivity contribution >= 4 is 23.5 Å².